The number of thioether (sulfide) groups is 1. The molecule has 2 aromatic rings. The van der Waals surface area contributed by atoms with Gasteiger partial charge in [0.25, 0.3) is 17.6 Å². The van der Waals surface area contributed by atoms with E-state index in [9.17, 15) is 18.4 Å². The maximum Gasteiger partial charge on any atom is 0.288 e. The number of amides is 2. The normalized spacial score (nSPS) is 18.7. The van der Waals surface area contributed by atoms with Gasteiger partial charge in [0, 0.05) is 28.2 Å². The minimum Gasteiger partial charge on any atom is -0.484 e. The molecule has 0 saturated carbocycles. The van der Waals surface area contributed by atoms with Crippen LogP contribution in [0, 0.1) is 0 Å². The number of halogens is 2. The molecule has 1 fully saturated rings. The van der Waals surface area contributed by atoms with Crippen molar-refractivity contribution in [2.45, 2.75) is 55.8 Å². The van der Waals surface area contributed by atoms with Crippen molar-refractivity contribution in [2.24, 2.45) is 0 Å². The fourth-order valence-electron chi connectivity index (χ4n) is 3.76. The van der Waals surface area contributed by atoms with Crippen LogP contribution in [0.15, 0.2) is 53.4 Å². The molecule has 0 aromatic heterocycles. The van der Waals surface area contributed by atoms with Gasteiger partial charge in [-0.25, -0.2) is 0 Å². The van der Waals surface area contributed by atoms with Crippen molar-refractivity contribution in [1.82, 2.24) is 4.90 Å². The van der Waals surface area contributed by atoms with Gasteiger partial charge in [0.1, 0.15) is 5.75 Å². The molecule has 1 saturated heterocycles. The molecule has 0 radical (unpaired) electrons. The third kappa shape index (κ3) is 6.43. The molecule has 0 spiro atoms. The first-order valence-electron chi connectivity index (χ1n) is 10.2. The summed E-state index contributed by atoms with van der Waals surface area (Å²) in [6.45, 7) is 4.08. The van der Waals surface area contributed by atoms with Crippen LogP contribution in [0.25, 0.3) is 0 Å². The van der Waals surface area contributed by atoms with Crippen LogP contribution < -0.4 is 10.1 Å². The van der Waals surface area contributed by atoms with E-state index >= 15 is 0 Å². The maximum absolute atomic E-state index is 12.5. The molecule has 1 aliphatic heterocycles. The van der Waals surface area contributed by atoms with Gasteiger partial charge in [0.05, 0.1) is 0 Å². The number of nitrogens with one attached hydrogen (secondary N) is 1. The molecule has 2 atom stereocenters. The van der Waals surface area contributed by atoms with Gasteiger partial charge in [0.15, 0.2) is 6.61 Å². The van der Waals surface area contributed by atoms with Crippen LogP contribution in [0.3, 0.4) is 0 Å². The molecule has 2 unspecified atom stereocenters. The second-order valence-electron chi connectivity index (χ2n) is 7.60. The summed E-state index contributed by atoms with van der Waals surface area (Å²) in [6, 6.07) is 13.2. The van der Waals surface area contributed by atoms with Crippen LogP contribution >= 0.6 is 11.8 Å². The van der Waals surface area contributed by atoms with Gasteiger partial charge in [-0.15, -0.1) is 0 Å². The van der Waals surface area contributed by atoms with Crippen molar-refractivity contribution in [3.8, 4) is 5.75 Å². The third-order valence-electron chi connectivity index (χ3n) is 5.30. The topological polar surface area (TPSA) is 58.6 Å². The first-order valence-corrected chi connectivity index (χ1v) is 11.1. The number of benzene rings is 2. The number of piperidine rings is 1. The Bertz CT molecular complexity index is 881. The summed E-state index contributed by atoms with van der Waals surface area (Å²) in [4.78, 5) is 27.3. The van der Waals surface area contributed by atoms with Crippen molar-refractivity contribution in [1.29, 1.82) is 0 Å². The number of hydrogen-bond donors (Lipinski definition) is 1. The SMILES string of the molecule is CC1CCCC(C)N1C(=O)COc1ccc(C(=O)Nc2ccc(SC(F)F)cc2)cc1. The molecule has 8 heteroatoms. The second kappa shape index (κ2) is 10.6. The van der Waals surface area contributed by atoms with Crippen molar-refractivity contribution < 1.29 is 23.1 Å². The molecular weight excluding hydrogens is 422 g/mol. The molecule has 1 N–H and O–H groups in total. The van der Waals surface area contributed by atoms with Crippen molar-refractivity contribution in [3.63, 3.8) is 0 Å². The Labute approximate surface area is 185 Å². The Morgan fingerprint density at radius 1 is 1.06 bits per heavy atom. The van der Waals surface area contributed by atoms with Gasteiger partial charge in [0.2, 0.25) is 0 Å². The van der Waals surface area contributed by atoms with Crippen molar-refractivity contribution in [2.75, 3.05) is 11.9 Å². The van der Waals surface area contributed by atoms with Crippen LogP contribution in [0.2, 0.25) is 0 Å². The highest BCUT2D eigenvalue weighted by Crippen LogP contribution is 2.26. The van der Waals surface area contributed by atoms with Crippen LogP contribution in [0.5, 0.6) is 5.75 Å². The lowest BCUT2D eigenvalue weighted by Crippen LogP contribution is -2.49. The zero-order chi connectivity index (χ0) is 22.4. The Morgan fingerprint density at radius 2 is 1.68 bits per heavy atom. The average molecular weight is 449 g/mol. The predicted molar refractivity (Wildman–Crippen MR) is 118 cm³/mol. The molecule has 0 bridgehead atoms. The Balaban J connectivity index is 1.52. The van der Waals surface area contributed by atoms with E-state index in [4.69, 9.17) is 4.74 Å². The first-order chi connectivity index (χ1) is 14.8. The summed E-state index contributed by atoms with van der Waals surface area (Å²) in [5.74, 6) is -2.33. The van der Waals surface area contributed by atoms with Crippen LogP contribution in [-0.4, -0.2) is 41.2 Å². The van der Waals surface area contributed by atoms with Gasteiger partial charge >= 0.3 is 0 Å². The van der Waals surface area contributed by atoms with Gasteiger partial charge in [-0.05, 0) is 81.6 Å². The van der Waals surface area contributed by atoms with E-state index in [0.717, 1.165) is 19.3 Å². The van der Waals surface area contributed by atoms with Gasteiger partial charge < -0.3 is 15.0 Å². The van der Waals surface area contributed by atoms with E-state index in [-0.39, 0.29) is 30.5 Å². The first kappa shape index (κ1) is 23.1. The minimum absolute atomic E-state index is 0.0324. The highest BCUT2D eigenvalue weighted by molar-refractivity contribution is 7.99. The lowest BCUT2D eigenvalue weighted by Gasteiger charge is -2.38. The van der Waals surface area contributed by atoms with Crippen LogP contribution in [0.1, 0.15) is 43.5 Å². The van der Waals surface area contributed by atoms with Gasteiger partial charge in [-0.1, -0.05) is 11.8 Å². The molecule has 2 aromatic carbocycles. The summed E-state index contributed by atoms with van der Waals surface area (Å²) < 4.78 is 30.4. The summed E-state index contributed by atoms with van der Waals surface area (Å²) >= 11 is 0.453. The van der Waals surface area contributed by atoms with E-state index in [1.54, 1.807) is 36.4 Å². The third-order valence-corrected chi connectivity index (χ3v) is 6.02. The molecule has 1 heterocycles. The molecule has 166 valence electrons. The fourth-order valence-corrected chi connectivity index (χ4v) is 4.26. The molecule has 0 aliphatic carbocycles. The van der Waals surface area contributed by atoms with E-state index in [1.165, 1.54) is 12.1 Å². The Morgan fingerprint density at radius 3 is 2.26 bits per heavy atom. The van der Waals surface area contributed by atoms with Crippen molar-refractivity contribution >= 4 is 29.3 Å². The standard InChI is InChI=1S/C23H26F2N2O3S/c1-15-4-3-5-16(2)27(15)21(28)14-30-19-10-6-17(7-11-19)22(29)26-18-8-12-20(13-9-18)31-23(24)25/h6-13,15-16,23H,3-5,14H2,1-2H3,(H,26,29). The number of anilines is 1. The van der Waals surface area contributed by atoms with Gasteiger partial charge in [-0.3, -0.25) is 9.59 Å². The molecule has 1 aliphatic rings. The lowest BCUT2D eigenvalue weighted by molar-refractivity contribution is -0.139. The smallest absolute Gasteiger partial charge is 0.288 e. The fraction of sp³-hybridized carbons (Fsp3) is 0.391. The summed E-state index contributed by atoms with van der Waals surface area (Å²) in [7, 11) is 0. The Kier molecular flexibility index (Phi) is 7.90. The van der Waals surface area contributed by atoms with E-state index in [2.05, 4.69) is 19.2 Å². The Hall–Kier alpha value is -2.61. The van der Waals surface area contributed by atoms with Crippen LogP contribution in [0.4, 0.5) is 14.5 Å². The number of hydrogen-bond acceptors (Lipinski definition) is 4. The summed E-state index contributed by atoms with van der Waals surface area (Å²) in [6.07, 6.45) is 3.15. The zero-order valence-corrected chi connectivity index (χ0v) is 18.3. The van der Waals surface area contributed by atoms with E-state index in [1.807, 2.05) is 4.90 Å². The average Bonchev–Trinajstić information content (AvgIpc) is 2.73. The number of ether oxygens (including phenoxy) is 1. The molecule has 5 nitrogen and oxygen atoms in total. The van der Waals surface area contributed by atoms with E-state index in [0.29, 0.717) is 33.7 Å². The van der Waals surface area contributed by atoms with Gasteiger partial charge in [-0.2, -0.15) is 8.78 Å². The predicted octanol–water partition coefficient (Wildman–Crippen LogP) is 5.42. The molecule has 3 rings (SSSR count). The zero-order valence-electron chi connectivity index (χ0n) is 17.5. The number of alkyl halides is 2. The monoisotopic (exact) mass is 448 g/mol. The molecular formula is C23H26F2N2O3S. The largest absolute Gasteiger partial charge is 0.484 e. The minimum atomic E-state index is -2.48. The highest BCUT2D eigenvalue weighted by atomic mass is 32.2. The highest BCUT2D eigenvalue weighted by Gasteiger charge is 2.28. The van der Waals surface area contributed by atoms with E-state index < -0.39 is 5.76 Å². The number of carbonyl (C=O) groups is 2. The quantitative estimate of drug-likeness (QED) is 0.575. The number of rotatable bonds is 7. The molecule has 2 amide bonds. The summed E-state index contributed by atoms with van der Waals surface area (Å²) in [5, 5.41) is 2.72. The van der Waals surface area contributed by atoms with Crippen molar-refractivity contribution in [3.05, 3.63) is 54.1 Å². The number of likely N-dealkylation sites (tertiary alicyclic amines) is 1. The number of carbonyl (C=O) groups excluding carboxylic acids is 2. The van der Waals surface area contributed by atoms with Crippen LogP contribution in [-0.2, 0) is 4.79 Å². The summed E-state index contributed by atoms with van der Waals surface area (Å²) in [5.41, 5.74) is 0.933. The second-order valence-corrected chi connectivity index (χ2v) is 8.66. The lowest BCUT2D eigenvalue weighted by atomic mass is 9.97. The maximum atomic E-state index is 12.5. The molecule has 31 heavy (non-hydrogen) atoms. The number of nitrogens with zero attached hydrogens (tertiary/aromatic N) is 1.